The van der Waals surface area contributed by atoms with Gasteiger partial charge in [0.2, 0.25) is 11.7 Å². The summed E-state index contributed by atoms with van der Waals surface area (Å²) in [5.74, 6) is -8.51. The number of methoxy groups -OCH3 is 2. The van der Waals surface area contributed by atoms with Gasteiger partial charge in [-0.05, 0) is 107 Å². The van der Waals surface area contributed by atoms with Crippen molar-refractivity contribution in [3.05, 3.63) is 47.6 Å². The van der Waals surface area contributed by atoms with Crippen LogP contribution in [-0.4, -0.2) is 156 Å². The second-order valence-electron chi connectivity index (χ2n) is 21.3. The number of carbonyl (C=O) groups is 5. The number of nitrogens with two attached hydrogens (primary N) is 1. The second kappa shape index (κ2) is 27.6. The Hall–Kier alpha value is -4.59. The highest BCUT2D eigenvalue weighted by molar-refractivity contribution is 6.39. The molecule has 1 amide bonds. The number of amides is 1. The molecule has 2 bridgehead atoms. The van der Waals surface area contributed by atoms with E-state index in [0.29, 0.717) is 63.4 Å². The van der Waals surface area contributed by atoms with Crippen molar-refractivity contribution in [1.29, 1.82) is 5.41 Å². The van der Waals surface area contributed by atoms with Crippen molar-refractivity contribution in [2.75, 3.05) is 34.9 Å². The minimum absolute atomic E-state index is 0.0354. The van der Waals surface area contributed by atoms with Crippen LogP contribution in [0.1, 0.15) is 126 Å². The van der Waals surface area contributed by atoms with Crippen molar-refractivity contribution in [3.63, 3.8) is 0 Å². The topological polar surface area (TPSA) is 264 Å². The summed E-state index contributed by atoms with van der Waals surface area (Å²) in [5, 5.41) is 44.9. The standard InChI is InChI=1S/C54H86N6O12/c1-31-17-13-12-14-18-32(2)40(57-53(59(8)9)58-52(55)56)29-39-22-20-37(7)54(68,72-39)49(65)50(66)60-24-16-15-19-41(60)51(67)71-44(34(4)27-38-21-23-42(61)45(28-38)69-10)30-43(62)33(3)26-36(6)47(64)48(70-11)46(63)35(5)25-31/h12-14,17-18,26,31,33-35,37-42,44-45,47-48,61,64,68H,15-16,19-25,27-30H2,1-11H3,(H4,55,56,57,58)/b14-12+,17-13+,32-18-,36-26+/t31-,33-,34?,35-,37-,38-,39+,40-,41+,42-,44+,45-,47-,48+,54-/m1/s1. The van der Waals surface area contributed by atoms with E-state index in [9.17, 15) is 39.3 Å². The van der Waals surface area contributed by atoms with Crippen LogP contribution in [0.3, 0.4) is 0 Å². The zero-order chi connectivity index (χ0) is 53.6. The van der Waals surface area contributed by atoms with Gasteiger partial charge in [0.25, 0.3) is 11.7 Å². The SMILES string of the molecule is CO[C@@H]1C[C@@H](CC(C)[C@@H]2CC(=O)[C@H](C)/C=C(\C)[C@@H](O)[C@@H](OC)C(=O)[C@H](C)C[C@H](C)/C=C/C=C/C=C(/C)[C@H](/N=C(/NC(=N)N)N(C)C)C[C@@H]3CC[C@@H](C)[C@@](O)(O3)C(=O)C(=O)N3CCCC[C@H]3C(=O)O2)CC[C@H]1O. The van der Waals surface area contributed by atoms with Gasteiger partial charge < -0.3 is 49.8 Å². The lowest BCUT2D eigenvalue weighted by molar-refractivity contribution is -0.263. The second-order valence-corrected chi connectivity index (χ2v) is 21.3. The highest BCUT2D eigenvalue weighted by atomic mass is 16.6. The van der Waals surface area contributed by atoms with Gasteiger partial charge >= 0.3 is 5.97 Å². The lowest BCUT2D eigenvalue weighted by Crippen LogP contribution is -2.61. The first-order chi connectivity index (χ1) is 33.9. The molecule has 0 aromatic heterocycles. The van der Waals surface area contributed by atoms with Crippen molar-refractivity contribution >= 4 is 41.1 Å². The summed E-state index contributed by atoms with van der Waals surface area (Å²) < 4.78 is 23.7. The van der Waals surface area contributed by atoms with Crippen molar-refractivity contribution in [2.24, 2.45) is 46.2 Å². The van der Waals surface area contributed by atoms with Crippen molar-refractivity contribution in [2.45, 2.75) is 180 Å². The molecule has 404 valence electrons. The van der Waals surface area contributed by atoms with E-state index in [1.807, 2.05) is 51.2 Å². The van der Waals surface area contributed by atoms with Gasteiger partial charge in [-0.3, -0.25) is 29.9 Å². The third-order valence-electron chi connectivity index (χ3n) is 15.2. The number of hydrogen-bond donors (Lipinski definition) is 6. The fourth-order valence-electron chi connectivity index (χ4n) is 10.5. The smallest absolute Gasteiger partial charge is 0.329 e. The molecule has 15 atom stereocenters. The average Bonchev–Trinajstić information content (AvgIpc) is 3.33. The number of hydrogen-bond acceptors (Lipinski definition) is 14. The average molecular weight is 1010 g/mol. The first-order valence-electron chi connectivity index (χ1n) is 25.9. The maximum Gasteiger partial charge on any atom is 0.329 e. The van der Waals surface area contributed by atoms with Crippen LogP contribution >= 0.6 is 0 Å². The molecule has 7 N–H and O–H groups in total. The molecule has 4 rings (SSSR count). The number of ketones is 3. The zero-order valence-electron chi connectivity index (χ0n) is 44.7. The Kier molecular flexibility index (Phi) is 23.0. The lowest BCUT2D eigenvalue weighted by Gasteiger charge is -2.42. The quantitative estimate of drug-likeness (QED) is 0.0677. The number of carbonyl (C=O) groups excluding carboxylic acids is 5. The summed E-state index contributed by atoms with van der Waals surface area (Å²) in [7, 11) is 6.41. The van der Waals surface area contributed by atoms with E-state index in [0.717, 1.165) is 5.57 Å². The molecule has 3 aliphatic heterocycles. The van der Waals surface area contributed by atoms with Crippen LogP contribution in [0.5, 0.6) is 0 Å². The normalized spacial score (nSPS) is 37.8. The number of esters is 1. The number of rotatable bonds is 6. The van der Waals surface area contributed by atoms with Gasteiger partial charge in [0.15, 0.2) is 11.7 Å². The molecule has 4 aliphatic rings. The maximum atomic E-state index is 14.5. The number of Topliss-reactive ketones (excluding diaryl/α,β-unsaturated/α-hetero) is 3. The monoisotopic (exact) mass is 1010 g/mol. The van der Waals surface area contributed by atoms with Gasteiger partial charge in [-0.15, -0.1) is 0 Å². The Morgan fingerprint density at radius 3 is 2.32 bits per heavy atom. The van der Waals surface area contributed by atoms with Crippen LogP contribution in [0, 0.1) is 40.9 Å². The van der Waals surface area contributed by atoms with Crippen LogP contribution in [0.25, 0.3) is 0 Å². The fourth-order valence-corrected chi connectivity index (χ4v) is 10.5. The minimum Gasteiger partial charge on any atom is -0.460 e. The van der Waals surface area contributed by atoms with Gasteiger partial charge in [0.05, 0.1) is 24.4 Å². The molecule has 72 heavy (non-hydrogen) atoms. The maximum absolute atomic E-state index is 14.5. The van der Waals surface area contributed by atoms with E-state index < -0.39 is 83.8 Å². The predicted octanol–water partition coefficient (Wildman–Crippen LogP) is 4.93. The number of aliphatic hydroxyl groups excluding tert-OH is 2. The summed E-state index contributed by atoms with van der Waals surface area (Å²) >= 11 is 0. The van der Waals surface area contributed by atoms with E-state index >= 15 is 0 Å². The van der Waals surface area contributed by atoms with E-state index in [2.05, 4.69) is 5.32 Å². The number of piperidine rings is 1. The molecule has 0 aromatic rings. The van der Waals surface area contributed by atoms with E-state index in [1.54, 1.807) is 59.9 Å². The molecule has 1 aliphatic carbocycles. The first-order valence-corrected chi connectivity index (χ1v) is 25.9. The first kappa shape index (κ1) is 60.0. The van der Waals surface area contributed by atoms with Gasteiger partial charge in [-0.1, -0.05) is 71.1 Å². The van der Waals surface area contributed by atoms with Gasteiger partial charge in [-0.2, -0.15) is 0 Å². The van der Waals surface area contributed by atoms with Crippen LogP contribution < -0.4 is 11.1 Å². The summed E-state index contributed by atoms with van der Waals surface area (Å²) in [5.41, 5.74) is 6.86. The highest BCUT2D eigenvalue weighted by Gasteiger charge is 2.53. The van der Waals surface area contributed by atoms with Crippen molar-refractivity contribution < 1.29 is 58.2 Å². The van der Waals surface area contributed by atoms with Gasteiger partial charge in [0, 0.05) is 65.5 Å². The third-order valence-corrected chi connectivity index (χ3v) is 15.2. The number of nitrogens with zero attached hydrogens (tertiary/aromatic N) is 3. The molecule has 1 unspecified atom stereocenters. The number of fused-ring (bicyclic) bond motifs is 3. The van der Waals surface area contributed by atoms with Crippen LogP contribution in [0.4, 0.5) is 0 Å². The summed E-state index contributed by atoms with van der Waals surface area (Å²) in [6.07, 6.45) is 10.6. The number of guanidine groups is 2. The predicted molar refractivity (Wildman–Crippen MR) is 274 cm³/mol. The minimum atomic E-state index is -2.53. The molecule has 3 heterocycles. The molecular weight excluding hydrogens is 925 g/mol. The number of aliphatic hydroxyl groups is 3. The van der Waals surface area contributed by atoms with E-state index in [-0.39, 0.29) is 73.2 Å². The molecular formula is C54H86N6O12. The van der Waals surface area contributed by atoms with Crippen molar-refractivity contribution in [3.8, 4) is 0 Å². The van der Waals surface area contributed by atoms with Crippen LogP contribution in [0.15, 0.2) is 52.6 Å². The van der Waals surface area contributed by atoms with Gasteiger partial charge in [-0.25, -0.2) is 9.79 Å². The molecule has 2 saturated heterocycles. The Morgan fingerprint density at radius 1 is 0.958 bits per heavy atom. The Labute approximate surface area is 427 Å². The number of aliphatic imine (C=N–C) groups is 1. The molecule has 18 heteroatoms. The number of cyclic esters (lactones) is 1. The number of ether oxygens (including phenoxy) is 4. The Bertz CT molecular complexity index is 2050. The number of allylic oxidation sites excluding steroid dienone is 6. The molecule has 0 aromatic carbocycles. The molecule has 0 spiro atoms. The highest BCUT2D eigenvalue weighted by Crippen LogP contribution is 2.38. The molecule has 18 nitrogen and oxygen atoms in total. The Balaban J connectivity index is 1.77. The Morgan fingerprint density at radius 2 is 1.67 bits per heavy atom. The lowest BCUT2D eigenvalue weighted by atomic mass is 9.78. The van der Waals surface area contributed by atoms with E-state index in [4.69, 9.17) is 35.1 Å². The van der Waals surface area contributed by atoms with E-state index in [1.165, 1.54) is 12.0 Å². The largest absolute Gasteiger partial charge is 0.460 e. The number of nitrogens with one attached hydrogen (secondary N) is 2. The summed E-state index contributed by atoms with van der Waals surface area (Å²) in [6.45, 7) is 12.6. The van der Waals surface area contributed by atoms with Crippen LogP contribution in [-0.2, 0) is 42.9 Å². The third kappa shape index (κ3) is 16.2. The van der Waals surface area contributed by atoms with Crippen molar-refractivity contribution in [1.82, 2.24) is 15.1 Å². The molecule has 0 radical (unpaired) electrons. The summed E-state index contributed by atoms with van der Waals surface area (Å²) in [6, 6.07) is -1.80. The van der Waals surface area contributed by atoms with Gasteiger partial charge in [0.1, 0.15) is 30.1 Å². The molecule has 1 saturated carbocycles. The fraction of sp³-hybridized carbons (Fsp3) is 0.722. The molecule has 3 fully saturated rings. The van der Waals surface area contributed by atoms with Crippen LogP contribution in [0.2, 0.25) is 0 Å². The summed E-state index contributed by atoms with van der Waals surface area (Å²) in [4.78, 5) is 79.2. The zero-order valence-corrected chi connectivity index (χ0v) is 44.7.